The Morgan fingerprint density at radius 3 is 2.58 bits per heavy atom. The number of aromatic nitrogens is 6. The normalized spacial score (nSPS) is 17.1. The Bertz CT molecular complexity index is 1210. The summed E-state index contributed by atoms with van der Waals surface area (Å²) in [6.45, 7) is 16.7. The van der Waals surface area contributed by atoms with Crippen molar-refractivity contribution < 1.29 is 9.84 Å². The van der Waals surface area contributed by atoms with Gasteiger partial charge in [0, 0.05) is 62.6 Å². The lowest BCUT2D eigenvalue weighted by Gasteiger charge is -2.43. The van der Waals surface area contributed by atoms with Gasteiger partial charge in [-0.25, -0.2) is 14.6 Å². The van der Waals surface area contributed by atoms with Crippen molar-refractivity contribution in [2.24, 2.45) is 0 Å². The van der Waals surface area contributed by atoms with Gasteiger partial charge < -0.3 is 19.3 Å². The average molecular weight is 495 g/mol. The summed E-state index contributed by atoms with van der Waals surface area (Å²) in [7, 11) is 0. The van der Waals surface area contributed by atoms with E-state index in [4.69, 9.17) is 14.7 Å². The van der Waals surface area contributed by atoms with Crippen LogP contribution in [0, 0.1) is 6.92 Å². The fourth-order valence-corrected chi connectivity index (χ4v) is 4.99. The van der Waals surface area contributed by atoms with Gasteiger partial charge in [0.2, 0.25) is 0 Å². The molecule has 0 radical (unpaired) electrons. The van der Waals surface area contributed by atoms with Gasteiger partial charge in [0.15, 0.2) is 5.82 Å². The summed E-state index contributed by atoms with van der Waals surface area (Å²) < 4.78 is 10.1. The van der Waals surface area contributed by atoms with Crippen molar-refractivity contribution >= 4 is 0 Å². The Morgan fingerprint density at radius 2 is 1.86 bits per heavy atom. The van der Waals surface area contributed by atoms with Crippen molar-refractivity contribution in [2.45, 2.75) is 59.2 Å². The van der Waals surface area contributed by atoms with Gasteiger partial charge >= 0.3 is 0 Å². The third-order valence-corrected chi connectivity index (χ3v) is 7.29. The van der Waals surface area contributed by atoms with E-state index in [9.17, 15) is 5.11 Å². The first-order chi connectivity index (χ1) is 17.2. The number of hydrogen-bond donors (Lipinski definition) is 1. The van der Waals surface area contributed by atoms with Crippen LogP contribution in [0.15, 0.2) is 18.5 Å². The quantitative estimate of drug-likeness (QED) is 0.535. The van der Waals surface area contributed by atoms with Gasteiger partial charge in [-0.3, -0.25) is 9.88 Å². The third kappa shape index (κ3) is 4.89. The highest BCUT2D eigenvalue weighted by molar-refractivity contribution is 5.68. The zero-order chi connectivity index (χ0) is 25.4. The monoisotopic (exact) mass is 494 g/mol. The molecule has 0 aromatic carbocycles. The van der Waals surface area contributed by atoms with Crippen LogP contribution >= 0.6 is 0 Å². The lowest BCUT2D eigenvalue weighted by Crippen LogP contribution is -2.56. The summed E-state index contributed by atoms with van der Waals surface area (Å²) in [6.07, 6.45) is 4.77. The maximum Gasteiger partial charge on any atom is 0.178 e. The van der Waals surface area contributed by atoms with E-state index in [2.05, 4.69) is 64.4 Å². The van der Waals surface area contributed by atoms with Gasteiger partial charge in [-0.1, -0.05) is 0 Å². The van der Waals surface area contributed by atoms with Crippen LogP contribution in [-0.4, -0.2) is 95.7 Å². The van der Waals surface area contributed by atoms with Gasteiger partial charge in [-0.05, 0) is 40.7 Å². The van der Waals surface area contributed by atoms with Crippen LogP contribution in [0.2, 0.25) is 0 Å². The second-order valence-electron chi connectivity index (χ2n) is 10.7. The minimum absolute atomic E-state index is 0.160. The highest BCUT2D eigenvalue weighted by atomic mass is 16.5. The van der Waals surface area contributed by atoms with Gasteiger partial charge in [-0.2, -0.15) is 5.10 Å². The number of aliphatic hydroxyl groups is 1. The number of imidazole rings is 1. The Morgan fingerprint density at radius 1 is 1.08 bits per heavy atom. The molecule has 0 unspecified atom stereocenters. The molecule has 1 N–H and O–H groups in total. The first kappa shape index (κ1) is 24.9. The van der Waals surface area contributed by atoms with E-state index in [0.29, 0.717) is 6.61 Å². The molecule has 36 heavy (non-hydrogen) atoms. The molecule has 194 valence electrons. The highest BCUT2D eigenvalue weighted by Crippen LogP contribution is 2.34. The summed E-state index contributed by atoms with van der Waals surface area (Å²) >= 11 is 0. The number of pyridine rings is 1. The molecule has 2 aliphatic heterocycles. The van der Waals surface area contributed by atoms with E-state index < -0.39 is 0 Å². The molecular formula is C26H38N8O2. The van der Waals surface area contributed by atoms with Crippen molar-refractivity contribution in [2.75, 3.05) is 45.9 Å². The SMILES string of the molecule is Cc1nc(-c2cn3c(n2)-c2cc(CCN4CCN(C(C)(C)CO)CC4)ncc2OCC3)n(C(C)C)n1. The predicted molar refractivity (Wildman–Crippen MR) is 138 cm³/mol. The maximum absolute atomic E-state index is 9.67. The summed E-state index contributed by atoms with van der Waals surface area (Å²) in [5.41, 5.74) is 2.68. The molecular weight excluding hydrogens is 456 g/mol. The van der Waals surface area contributed by atoms with Crippen LogP contribution in [0.4, 0.5) is 0 Å². The molecule has 0 atom stereocenters. The van der Waals surface area contributed by atoms with Crippen LogP contribution in [-0.2, 0) is 13.0 Å². The van der Waals surface area contributed by atoms with Crippen molar-refractivity contribution in [1.29, 1.82) is 0 Å². The molecule has 2 aliphatic rings. The van der Waals surface area contributed by atoms with E-state index >= 15 is 0 Å². The molecule has 1 fully saturated rings. The van der Waals surface area contributed by atoms with Crippen LogP contribution in [0.1, 0.15) is 45.3 Å². The van der Waals surface area contributed by atoms with Gasteiger partial charge in [0.05, 0.1) is 24.9 Å². The number of nitrogens with zero attached hydrogens (tertiary/aromatic N) is 8. The van der Waals surface area contributed by atoms with Crippen molar-refractivity contribution in [3.63, 3.8) is 0 Å². The molecule has 0 bridgehead atoms. The Kier molecular flexibility index (Phi) is 6.84. The molecule has 0 aliphatic carbocycles. The number of hydrogen-bond acceptors (Lipinski definition) is 8. The van der Waals surface area contributed by atoms with Crippen LogP contribution in [0.25, 0.3) is 22.9 Å². The third-order valence-electron chi connectivity index (χ3n) is 7.29. The highest BCUT2D eigenvalue weighted by Gasteiger charge is 2.29. The zero-order valence-electron chi connectivity index (χ0n) is 22.1. The van der Waals surface area contributed by atoms with Crippen LogP contribution in [0.5, 0.6) is 5.75 Å². The summed E-state index contributed by atoms with van der Waals surface area (Å²) in [6, 6.07) is 2.33. The maximum atomic E-state index is 9.67. The topological polar surface area (TPSA) is 97.4 Å². The summed E-state index contributed by atoms with van der Waals surface area (Å²) in [5, 5.41) is 14.2. The van der Waals surface area contributed by atoms with E-state index in [0.717, 1.165) is 85.9 Å². The van der Waals surface area contributed by atoms with E-state index in [1.54, 1.807) is 0 Å². The molecule has 5 heterocycles. The molecule has 0 amide bonds. The molecule has 3 aromatic rings. The van der Waals surface area contributed by atoms with E-state index in [-0.39, 0.29) is 18.2 Å². The van der Waals surface area contributed by atoms with Crippen LogP contribution < -0.4 is 4.74 Å². The van der Waals surface area contributed by atoms with Crippen molar-refractivity contribution in [3.8, 4) is 28.7 Å². The van der Waals surface area contributed by atoms with Gasteiger partial charge in [0.25, 0.3) is 0 Å². The second-order valence-corrected chi connectivity index (χ2v) is 10.7. The average Bonchev–Trinajstić information content (AvgIpc) is 3.43. The first-order valence-electron chi connectivity index (χ1n) is 13.0. The summed E-state index contributed by atoms with van der Waals surface area (Å²) in [5.74, 6) is 3.20. The van der Waals surface area contributed by atoms with Gasteiger partial charge in [0.1, 0.15) is 29.7 Å². The molecule has 0 spiro atoms. The number of ether oxygens (including phenoxy) is 1. The molecule has 5 rings (SSSR count). The predicted octanol–water partition coefficient (Wildman–Crippen LogP) is 2.42. The fraction of sp³-hybridized carbons (Fsp3) is 0.615. The van der Waals surface area contributed by atoms with E-state index in [1.807, 2.05) is 17.8 Å². The van der Waals surface area contributed by atoms with Crippen molar-refractivity contribution in [3.05, 3.63) is 30.0 Å². The first-order valence-corrected chi connectivity index (χ1v) is 13.0. The van der Waals surface area contributed by atoms with E-state index in [1.165, 1.54) is 0 Å². The Balaban J connectivity index is 1.33. The number of aliphatic hydroxyl groups excluding tert-OH is 1. The standard InChI is InChI=1S/C26H38N8O2/c1-18(2)34-25(28-19(3)30-34)22-16-32-12-13-36-23-15-27-20(14-21(23)24(32)29-22)6-7-31-8-10-33(11-9-31)26(4,5)17-35/h14-16,18,35H,6-13,17H2,1-5H3. The number of piperazine rings is 1. The molecule has 3 aromatic heterocycles. The second kappa shape index (κ2) is 9.91. The molecule has 1 saturated heterocycles. The largest absolute Gasteiger partial charge is 0.489 e. The summed E-state index contributed by atoms with van der Waals surface area (Å²) in [4.78, 5) is 19.2. The Hall–Kier alpha value is -2.82. The number of rotatable bonds is 7. The van der Waals surface area contributed by atoms with Crippen molar-refractivity contribution in [1.82, 2.24) is 39.1 Å². The minimum atomic E-state index is -0.160. The van der Waals surface area contributed by atoms with Gasteiger partial charge in [-0.15, -0.1) is 0 Å². The zero-order valence-corrected chi connectivity index (χ0v) is 22.1. The smallest absolute Gasteiger partial charge is 0.178 e. The Labute approximate surface area is 212 Å². The molecule has 10 heteroatoms. The van der Waals surface area contributed by atoms with Crippen LogP contribution in [0.3, 0.4) is 0 Å². The molecule has 0 saturated carbocycles. The molecule has 10 nitrogen and oxygen atoms in total. The number of aryl methyl sites for hydroxylation is 1. The lowest BCUT2D eigenvalue weighted by molar-refractivity contribution is 0.0170. The lowest BCUT2D eigenvalue weighted by atomic mass is 10.0. The fourth-order valence-electron chi connectivity index (χ4n) is 4.99. The minimum Gasteiger partial charge on any atom is -0.489 e. The number of fused-ring (bicyclic) bond motifs is 3.